The second-order valence-electron chi connectivity index (χ2n) is 5.38. The van der Waals surface area contributed by atoms with Gasteiger partial charge in [-0.3, -0.25) is 9.88 Å². The van der Waals surface area contributed by atoms with Gasteiger partial charge in [0.05, 0.1) is 5.52 Å². The molecular formula is C16H17FN2O. The molecule has 0 saturated carbocycles. The molecule has 1 unspecified atom stereocenters. The third-order valence-electron chi connectivity index (χ3n) is 3.93. The molecule has 1 aromatic heterocycles. The molecule has 0 N–H and O–H groups in total. The second-order valence-corrected chi connectivity index (χ2v) is 5.38. The number of aromatic nitrogens is 1. The molecule has 0 aliphatic carbocycles. The van der Waals surface area contributed by atoms with Crippen LogP contribution in [0.3, 0.4) is 0 Å². The van der Waals surface area contributed by atoms with Gasteiger partial charge in [-0.05, 0) is 43.1 Å². The van der Waals surface area contributed by atoms with E-state index >= 15 is 0 Å². The van der Waals surface area contributed by atoms with Crippen molar-refractivity contribution in [2.75, 3.05) is 13.1 Å². The molecule has 0 bridgehead atoms. The topological polar surface area (TPSA) is 33.2 Å². The van der Waals surface area contributed by atoms with Crippen molar-refractivity contribution in [1.82, 2.24) is 9.88 Å². The SMILES string of the molecule is O=CC1CCCN(Cc2ccc(F)c3cccnc23)C1. The lowest BCUT2D eigenvalue weighted by Crippen LogP contribution is -2.35. The Morgan fingerprint density at radius 1 is 1.40 bits per heavy atom. The van der Waals surface area contributed by atoms with Crippen molar-refractivity contribution < 1.29 is 9.18 Å². The minimum absolute atomic E-state index is 0.128. The number of likely N-dealkylation sites (tertiary alicyclic amines) is 1. The lowest BCUT2D eigenvalue weighted by atomic mass is 9.99. The summed E-state index contributed by atoms with van der Waals surface area (Å²) in [5.41, 5.74) is 1.74. The minimum atomic E-state index is -0.235. The predicted molar refractivity (Wildman–Crippen MR) is 75.8 cm³/mol. The van der Waals surface area contributed by atoms with E-state index in [1.54, 1.807) is 24.4 Å². The monoisotopic (exact) mass is 272 g/mol. The molecule has 1 aliphatic rings. The Hall–Kier alpha value is -1.81. The molecule has 0 radical (unpaired) electrons. The molecule has 1 aromatic carbocycles. The number of rotatable bonds is 3. The van der Waals surface area contributed by atoms with E-state index < -0.39 is 0 Å². The Morgan fingerprint density at radius 3 is 3.15 bits per heavy atom. The van der Waals surface area contributed by atoms with Crippen LogP contribution in [0.5, 0.6) is 0 Å². The Morgan fingerprint density at radius 2 is 2.30 bits per heavy atom. The quantitative estimate of drug-likeness (QED) is 0.806. The first-order valence-corrected chi connectivity index (χ1v) is 6.97. The second kappa shape index (κ2) is 5.67. The number of aldehydes is 1. The molecule has 3 rings (SSSR count). The van der Waals surface area contributed by atoms with Crippen LogP contribution in [0.4, 0.5) is 4.39 Å². The average molecular weight is 272 g/mol. The summed E-state index contributed by atoms with van der Waals surface area (Å²) < 4.78 is 13.8. The number of carbonyl (C=O) groups is 1. The van der Waals surface area contributed by atoms with Gasteiger partial charge in [0.15, 0.2) is 0 Å². The molecule has 1 atom stereocenters. The van der Waals surface area contributed by atoms with Gasteiger partial charge in [0.25, 0.3) is 0 Å². The predicted octanol–water partition coefficient (Wildman–Crippen LogP) is 2.78. The van der Waals surface area contributed by atoms with Crippen LogP contribution < -0.4 is 0 Å². The number of nitrogens with zero attached hydrogens (tertiary/aromatic N) is 2. The van der Waals surface area contributed by atoms with Gasteiger partial charge in [0.1, 0.15) is 12.1 Å². The highest BCUT2D eigenvalue weighted by atomic mass is 19.1. The number of fused-ring (bicyclic) bond motifs is 1. The normalized spacial score (nSPS) is 20.1. The number of benzene rings is 1. The van der Waals surface area contributed by atoms with Gasteiger partial charge >= 0.3 is 0 Å². The van der Waals surface area contributed by atoms with Crippen LogP contribution in [0, 0.1) is 11.7 Å². The van der Waals surface area contributed by atoms with Gasteiger partial charge < -0.3 is 4.79 Å². The fourth-order valence-corrected chi connectivity index (χ4v) is 2.91. The van der Waals surface area contributed by atoms with Crippen LogP contribution >= 0.6 is 0 Å². The fourth-order valence-electron chi connectivity index (χ4n) is 2.91. The third kappa shape index (κ3) is 2.56. The Kier molecular flexibility index (Phi) is 3.74. The van der Waals surface area contributed by atoms with Crippen molar-refractivity contribution in [2.24, 2.45) is 5.92 Å². The van der Waals surface area contributed by atoms with Gasteiger partial charge in [-0.25, -0.2) is 4.39 Å². The van der Waals surface area contributed by atoms with Crippen molar-refractivity contribution in [3.05, 3.63) is 41.8 Å². The summed E-state index contributed by atoms with van der Waals surface area (Å²) in [6.45, 7) is 2.49. The van der Waals surface area contributed by atoms with Crippen molar-refractivity contribution in [3.8, 4) is 0 Å². The van der Waals surface area contributed by atoms with Crippen molar-refractivity contribution in [3.63, 3.8) is 0 Å². The van der Waals surface area contributed by atoms with Crippen molar-refractivity contribution in [2.45, 2.75) is 19.4 Å². The average Bonchev–Trinajstić information content (AvgIpc) is 2.51. The number of piperidine rings is 1. The number of hydrogen-bond acceptors (Lipinski definition) is 3. The molecule has 0 spiro atoms. The molecule has 2 aromatic rings. The highest BCUT2D eigenvalue weighted by molar-refractivity contribution is 5.82. The van der Waals surface area contributed by atoms with Crippen LogP contribution in [-0.4, -0.2) is 29.3 Å². The van der Waals surface area contributed by atoms with E-state index in [1.165, 1.54) is 6.07 Å². The summed E-state index contributed by atoms with van der Waals surface area (Å²) in [5.74, 6) is -0.107. The summed E-state index contributed by atoms with van der Waals surface area (Å²) in [4.78, 5) is 17.5. The molecule has 1 saturated heterocycles. The van der Waals surface area contributed by atoms with E-state index in [-0.39, 0.29) is 11.7 Å². The van der Waals surface area contributed by atoms with Gasteiger partial charge in [0, 0.05) is 30.6 Å². The van der Waals surface area contributed by atoms with E-state index in [1.807, 2.05) is 0 Å². The van der Waals surface area contributed by atoms with E-state index in [0.717, 1.165) is 49.8 Å². The first-order valence-electron chi connectivity index (χ1n) is 6.97. The highest BCUT2D eigenvalue weighted by Crippen LogP contribution is 2.23. The maximum Gasteiger partial charge on any atom is 0.132 e. The molecule has 1 aliphatic heterocycles. The summed E-state index contributed by atoms with van der Waals surface area (Å²) >= 11 is 0. The lowest BCUT2D eigenvalue weighted by Gasteiger charge is -2.30. The highest BCUT2D eigenvalue weighted by Gasteiger charge is 2.20. The molecule has 0 amide bonds. The molecule has 104 valence electrons. The summed E-state index contributed by atoms with van der Waals surface area (Å²) in [5, 5.41) is 0.564. The van der Waals surface area contributed by atoms with E-state index in [4.69, 9.17) is 0 Å². The molecule has 20 heavy (non-hydrogen) atoms. The van der Waals surface area contributed by atoms with Crippen LogP contribution in [0.15, 0.2) is 30.5 Å². The number of halogens is 1. The number of hydrogen-bond donors (Lipinski definition) is 0. The number of pyridine rings is 1. The molecule has 2 heterocycles. The van der Waals surface area contributed by atoms with E-state index in [2.05, 4.69) is 9.88 Å². The van der Waals surface area contributed by atoms with Crippen LogP contribution in [0.25, 0.3) is 10.9 Å². The van der Waals surface area contributed by atoms with Crippen LogP contribution in [0.1, 0.15) is 18.4 Å². The fraction of sp³-hybridized carbons (Fsp3) is 0.375. The number of carbonyl (C=O) groups excluding carboxylic acids is 1. The Labute approximate surface area is 117 Å². The van der Waals surface area contributed by atoms with Gasteiger partial charge in [-0.2, -0.15) is 0 Å². The molecular weight excluding hydrogens is 255 g/mol. The van der Waals surface area contributed by atoms with Crippen LogP contribution in [-0.2, 0) is 11.3 Å². The van der Waals surface area contributed by atoms with E-state index in [0.29, 0.717) is 5.39 Å². The first-order chi connectivity index (χ1) is 9.78. The zero-order valence-electron chi connectivity index (χ0n) is 11.3. The van der Waals surface area contributed by atoms with Crippen molar-refractivity contribution in [1.29, 1.82) is 0 Å². The smallest absolute Gasteiger partial charge is 0.132 e. The Balaban J connectivity index is 1.87. The molecule has 4 heteroatoms. The zero-order valence-corrected chi connectivity index (χ0v) is 11.3. The van der Waals surface area contributed by atoms with Gasteiger partial charge in [-0.1, -0.05) is 6.07 Å². The lowest BCUT2D eigenvalue weighted by molar-refractivity contribution is -0.112. The maximum absolute atomic E-state index is 13.8. The zero-order chi connectivity index (χ0) is 13.9. The third-order valence-corrected chi connectivity index (χ3v) is 3.93. The van der Waals surface area contributed by atoms with Crippen LogP contribution in [0.2, 0.25) is 0 Å². The van der Waals surface area contributed by atoms with Gasteiger partial charge in [-0.15, -0.1) is 0 Å². The van der Waals surface area contributed by atoms with Gasteiger partial charge in [0.2, 0.25) is 0 Å². The first kappa shape index (κ1) is 13.2. The minimum Gasteiger partial charge on any atom is -0.303 e. The summed E-state index contributed by atoms with van der Waals surface area (Å²) in [6, 6.07) is 6.81. The van der Waals surface area contributed by atoms with E-state index in [9.17, 15) is 9.18 Å². The molecule has 1 fully saturated rings. The summed E-state index contributed by atoms with van der Waals surface area (Å²) in [7, 11) is 0. The maximum atomic E-state index is 13.8. The Bertz CT molecular complexity index is 629. The molecule has 3 nitrogen and oxygen atoms in total. The summed E-state index contributed by atoms with van der Waals surface area (Å²) in [6.07, 6.45) is 4.75. The van der Waals surface area contributed by atoms with Crippen molar-refractivity contribution >= 4 is 17.2 Å². The standard InChI is InChI=1S/C16H17FN2O/c17-15-6-5-13(16-14(15)4-1-7-18-16)10-19-8-2-3-12(9-19)11-20/h1,4-7,11-12H,2-3,8-10H2. The largest absolute Gasteiger partial charge is 0.303 e.